The van der Waals surface area contributed by atoms with Crippen LogP contribution in [0.15, 0.2) is 78.6 Å². The Hall–Kier alpha value is -3.85. The monoisotopic (exact) mass is 452 g/mol. The zero-order valence-electron chi connectivity index (χ0n) is 16.7. The number of anilines is 2. The summed E-state index contributed by atoms with van der Waals surface area (Å²) in [5, 5.41) is 3.17. The number of hydrogen-bond acceptors (Lipinski definition) is 6. The molecule has 1 aliphatic rings. The minimum absolute atomic E-state index is 0.0327. The van der Waals surface area contributed by atoms with Gasteiger partial charge in [0.05, 0.1) is 17.8 Å². The predicted octanol–water partition coefficient (Wildman–Crippen LogP) is 4.46. The van der Waals surface area contributed by atoms with E-state index in [1.165, 1.54) is 17.0 Å². The SMILES string of the molecule is Nc1ccc(CN2C(=O)C(c3ccccc3)=C(Nc3ccc(OC(F)F)cc3)C2=S)cn1. The minimum atomic E-state index is -2.90. The van der Waals surface area contributed by atoms with Crippen LogP contribution in [0.4, 0.5) is 20.3 Å². The lowest BCUT2D eigenvalue weighted by molar-refractivity contribution is -0.121. The van der Waals surface area contributed by atoms with E-state index < -0.39 is 6.61 Å². The van der Waals surface area contributed by atoms with Gasteiger partial charge in [-0.25, -0.2) is 4.98 Å². The van der Waals surface area contributed by atoms with Gasteiger partial charge in [-0.2, -0.15) is 8.78 Å². The number of carbonyl (C=O) groups is 1. The second-order valence-electron chi connectivity index (χ2n) is 6.93. The number of benzene rings is 2. The van der Waals surface area contributed by atoms with E-state index in [-0.39, 0.29) is 18.2 Å². The maximum absolute atomic E-state index is 13.4. The quantitative estimate of drug-likeness (QED) is 0.516. The average molecular weight is 452 g/mol. The van der Waals surface area contributed by atoms with Crippen LogP contribution in [0.2, 0.25) is 0 Å². The van der Waals surface area contributed by atoms with Crippen molar-refractivity contribution in [2.75, 3.05) is 11.1 Å². The third-order valence-electron chi connectivity index (χ3n) is 4.77. The number of nitrogens with one attached hydrogen (secondary N) is 1. The Balaban J connectivity index is 1.65. The summed E-state index contributed by atoms with van der Waals surface area (Å²) in [6, 6.07) is 18.6. The fourth-order valence-electron chi connectivity index (χ4n) is 3.28. The van der Waals surface area contributed by atoms with Gasteiger partial charge in [0.15, 0.2) is 0 Å². The summed E-state index contributed by atoms with van der Waals surface area (Å²) in [7, 11) is 0. The van der Waals surface area contributed by atoms with E-state index >= 15 is 0 Å². The van der Waals surface area contributed by atoms with E-state index in [9.17, 15) is 13.6 Å². The van der Waals surface area contributed by atoms with Crippen molar-refractivity contribution in [3.05, 3.63) is 89.8 Å². The van der Waals surface area contributed by atoms with Gasteiger partial charge in [-0.15, -0.1) is 0 Å². The highest BCUT2D eigenvalue weighted by molar-refractivity contribution is 7.80. The number of aromatic nitrogens is 1. The third kappa shape index (κ3) is 4.57. The number of alkyl halides is 2. The molecule has 9 heteroatoms. The summed E-state index contributed by atoms with van der Waals surface area (Å²) in [4.78, 5) is 19.2. The number of rotatable bonds is 7. The number of nitrogens with two attached hydrogens (primary N) is 1. The summed E-state index contributed by atoms with van der Waals surface area (Å²) < 4.78 is 29.2. The van der Waals surface area contributed by atoms with E-state index in [4.69, 9.17) is 18.0 Å². The molecule has 4 rings (SSSR count). The summed E-state index contributed by atoms with van der Waals surface area (Å²) >= 11 is 5.64. The molecule has 0 unspecified atom stereocenters. The molecule has 0 spiro atoms. The first-order valence-corrected chi connectivity index (χ1v) is 10.0. The Bertz CT molecular complexity index is 1170. The van der Waals surface area contributed by atoms with E-state index in [2.05, 4.69) is 15.0 Å². The zero-order valence-corrected chi connectivity index (χ0v) is 17.5. The van der Waals surface area contributed by atoms with Crippen LogP contribution in [-0.4, -0.2) is 27.4 Å². The van der Waals surface area contributed by atoms with Crippen LogP contribution < -0.4 is 15.8 Å². The fraction of sp³-hybridized carbons (Fsp3) is 0.0870. The summed E-state index contributed by atoms with van der Waals surface area (Å²) in [6.45, 7) is -2.68. The Morgan fingerprint density at radius 2 is 1.78 bits per heavy atom. The lowest BCUT2D eigenvalue weighted by atomic mass is 10.0. The fourth-order valence-corrected chi connectivity index (χ4v) is 3.58. The van der Waals surface area contributed by atoms with Gasteiger partial charge in [0.2, 0.25) is 0 Å². The van der Waals surface area contributed by atoms with E-state index in [1.807, 2.05) is 30.3 Å². The van der Waals surface area contributed by atoms with E-state index in [0.717, 1.165) is 5.56 Å². The summed E-state index contributed by atoms with van der Waals surface area (Å²) in [6.07, 6.45) is 1.60. The Labute approximate surface area is 188 Å². The molecule has 0 radical (unpaired) electrons. The largest absolute Gasteiger partial charge is 0.435 e. The van der Waals surface area contributed by atoms with Crippen molar-refractivity contribution in [2.24, 2.45) is 0 Å². The normalized spacial score (nSPS) is 13.8. The number of thiocarbonyl (C=S) groups is 1. The Morgan fingerprint density at radius 3 is 2.41 bits per heavy atom. The molecule has 162 valence electrons. The third-order valence-corrected chi connectivity index (χ3v) is 5.19. The van der Waals surface area contributed by atoms with Crippen LogP contribution in [0.3, 0.4) is 0 Å². The zero-order chi connectivity index (χ0) is 22.7. The minimum Gasteiger partial charge on any atom is -0.435 e. The maximum atomic E-state index is 13.4. The molecule has 2 aromatic carbocycles. The van der Waals surface area contributed by atoms with Crippen LogP contribution in [0.25, 0.3) is 5.57 Å². The molecule has 0 fully saturated rings. The first-order chi connectivity index (χ1) is 15.4. The number of ether oxygens (including phenoxy) is 1. The molecule has 0 aliphatic carbocycles. The highest BCUT2D eigenvalue weighted by Gasteiger charge is 2.36. The molecule has 0 saturated heterocycles. The topological polar surface area (TPSA) is 80.5 Å². The van der Waals surface area contributed by atoms with Crippen molar-refractivity contribution < 1.29 is 18.3 Å². The van der Waals surface area contributed by atoms with Gasteiger partial charge in [0.1, 0.15) is 16.6 Å². The van der Waals surface area contributed by atoms with Gasteiger partial charge in [-0.1, -0.05) is 48.6 Å². The molecule has 2 heterocycles. The first-order valence-electron chi connectivity index (χ1n) is 9.60. The number of nitrogens with zero attached hydrogens (tertiary/aromatic N) is 2. The van der Waals surface area contributed by atoms with Crippen molar-refractivity contribution in [3.8, 4) is 5.75 Å². The number of carbonyl (C=O) groups excluding carboxylic acids is 1. The van der Waals surface area contributed by atoms with Gasteiger partial charge < -0.3 is 15.8 Å². The standard InChI is InChI=1S/C23H18F2N4O2S/c24-23(25)31-17-9-7-16(8-10-17)28-20-19(15-4-2-1-3-5-15)21(30)29(22(20)32)13-14-6-11-18(26)27-12-14/h1-12,23,28H,13H2,(H2,26,27). The molecular formula is C23H18F2N4O2S. The van der Waals surface area contributed by atoms with Crippen molar-refractivity contribution in [1.82, 2.24) is 9.88 Å². The van der Waals surface area contributed by atoms with E-state index in [0.29, 0.717) is 33.3 Å². The second kappa shape index (κ2) is 9.11. The number of halogens is 2. The molecule has 1 amide bonds. The number of nitrogen functional groups attached to an aromatic ring is 1. The molecule has 3 N–H and O–H groups in total. The van der Waals surface area contributed by atoms with Crippen molar-refractivity contribution >= 4 is 40.2 Å². The first kappa shape index (κ1) is 21.4. The molecule has 0 atom stereocenters. The molecule has 32 heavy (non-hydrogen) atoms. The van der Waals surface area contributed by atoms with Gasteiger partial charge in [-0.05, 0) is 41.5 Å². The molecule has 1 aromatic heterocycles. The van der Waals surface area contributed by atoms with Crippen LogP contribution in [0.5, 0.6) is 5.75 Å². The van der Waals surface area contributed by atoms with Crippen molar-refractivity contribution in [1.29, 1.82) is 0 Å². The maximum Gasteiger partial charge on any atom is 0.387 e. The molecular weight excluding hydrogens is 434 g/mol. The average Bonchev–Trinajstić information content (AvgIpc) is 3.01. The molecule has 1 aliphatic heterocycles. The van der Waals surface area contributed by atoms with Gasteiger partial charge in [-0.3, -0.25) is 9.69 Å². The van der Waals surface area contributed by atoms with Crippen LogP contribution in [0.1, 0.15) is 11.1 Å². The Kier molecular flexibility index (Phi) is 6.09. The Morgan fingerprint density at radius 1 is 1.06 bits per heavy atom. The number of pyridine rings is 1. The van der Waals surface area contributed by atoms with E-state index in [1.54, 1.807) is 30.5 Å². The lowest BCUT2D eigenvalue weighted by Gasteiger charge is -2.18. The second-order valence-corrected chi connectivity index (χ2v) is 7.32. The molecule has 6 nitrogen and oxygen atoms in total. The van der Waals surface area contributed by atoms with Crippen molar-refractivity contribution in [3.63, 3.8) is 0 Å². The molecule has 0 bridgehead atoms. The van der Waals surface area contributed by atoms with Crippen LogP contribution in [0, 0.1) is 0 Å². The smallest absolute Gasteiger partial charge is 0.387 e. The van der Waals surface area contributed by atoms with Gasteiger partial charge in [0.25, 0.3) is 5.91 Å². The number of amides is 1. The van der Waals surface area contributed by atoms with Gasteiger partial charge >= 0.3 is 6.61 Å². The number of hydrogen-bond donors (Lipinski definition) is 2. The summed E-state index contributed by atoms with van der Waals surface area (Å²) in [5.41, 5.74) is 8.58. The summed E-state index contributed by atoms with van der Waals surface area (Å²) in [5.74, 6) is 0.164. The van der Waals surface area contributed by atoms with Crippen LogP contribution >= 0.6 is 12.2 Å². The highest BCUT2D eigenvalue weighted by Crippen LogP contribution is 2.32. The lowest BCUT2D eigenvalue weighted by Crippen LogP contribution is -2.30. The van der Waals surface area contributed by atoms with Crippen molar-refractivity contribution in [2.45, 2.75) is 13.2 Å². The van der Waals surface area contributed by atoms with Crippen LogP contribution in [-0.2, 0) is 11.3 Å². The van der Waals surface area contributed by atoms with Gasteiger partial charge in [0, 0.05) is 11.9 Å². The highest BCUT2D eigenvalue weighted by atomic mass is 32.1. The molecule has 0 saturated carbocycles. The predicted molar refractivity (Wildman–Crippen MR) is 122 cm³/mol. The molecule has 3 aromatic rings.